The molecular weight excluding hydrogens is 260 g/mol. The molecule has 0 aliphatic carbocycles. The van der Waals surface area contributed by atoms with E-state index < -0.39 is 0 Å². The summed E-state index contributed by atoms with van der Waals surface area (Å²) >= 11 is 6.01. The van der Waals surface area contributed by atoms with Crippen molar-refractivity contribution >= 4 is 22.6 Å². The lowest BCUT2D eigenvalue weighted by Gasteiger charge is -2.08. The fraction of sp³-hybridized carbons (Fsp3) is 0.214. The average Bonchev–Trinajstić information content (AvgIpc) is 2.79. The maximum Gasteiger partial charge on any atom is 0.125 e. The summed E-state index contributed by atoms with van der Waals surface area (Å²) in [6.07, 6.45) is 3.30. The molecule has 1 aromatic carbocycles. The van der Waals surface area contributed by atoms with Gasteiger partial charge in [0.2, 0.25) is 0 Å². The summed E-state index contributed by atoms with van der Waals surface area (Å²) in [5, 5.41) is 0. The third kappa shape index (κ3) is 2.19. The molecule has 0 amide bonds. The zero-order valence-electron chi connectivity index (χ0n) is 10.5. The number of halogens is 1. The van der Waals surface area contributed by atoms with Crippen molar-refractivity contribution in [3.8, 4) is 0 Å². The summed E-state index contributed by atoms with van der Waals surface area (Å²) in [4.78, 5) is 12.8. The van der Waals surface area contributed by atoms with E-state index in [9.17, 15) is 0 Å². The van der Waals surface area contributed by atoms with Crippen LogP contribution in [0, 0.1) is 6.92 Å². The predicted octanol–water partition coefficient (Wildman–Crippen LogP) is 2.92. The van der Waals surface area contributed by atoms with Crippen molar-refractivity contribution < 1.29 is 0 Å². The fourth-order valence-corrected chi connectivity index (χ4v) is 2.46. The minimum absolute atomic E-state index is 0.388. The zero-order valence-corrected chi connectivity index (χ0v) is 11.3. The van der Waals surface area contributed by atoms with Crippen molar-refractivity contribution in [2.45, 2.75) is 19.3 Å². The molecule has 0 spiro atoms. The molecule has 19 heavy (non-hydrogen) atoms. The van der Waals surface area contributed by atoms with Crippen molar-refractivity contribution in [3.63, 3.8) is 0 Å². The number of aryl methyl sites for hydroxylation is 1. The van der Waals surface area contributed by atoms with Gasteiger partial charge in [-0.05, 0) is 24.6 Å². The molecular formula is C14H13ClN4. The highest BCUT2D eigenvalue weighted by Crippen LogP contribution is 2.22. The molecule has 0 atom stereocenters. The van der Waals surface area contributed by atoms with Gasteiger partial charge in [-0.2, -0.15) is 0 Å². The van der Waals surface area contributed by atoms with E-state index in [0.717, 1.165) is 22.6 Å². The van der Waals surface area contributed by atoms with E-state index in [4.69, 9.17) is 11.6 Å². The molecule has 0 aliphatic heterocycles. The van der Waals surface area contributed by atoms with Crippen molar-refractivity contribution in [1.29, 1.82) is 0 Å². The molecule has 96 valence electrons. The largest absolute Gasteiger partial charge is 0.321 e. The van der Waals surface area contributed by atoms with E-state index in [1.54, 1.807) is 12.5 Å². The van der Waals surface area contributed by atoms with Gasteiger partial charge in [-0.3, -0.25) is 0 Å². The van der Waals surface area contributed by atoms with Gasteiger partial charge in [0.05, 0.1) is 29.2 Å². The molecule has 2 heterocycles. The molecule has 4 nitrogen and oxygen atoms in total. The Balaban J connectivity index is 2.16. The lowest BCUT2D eigenvalue weighted by Crippen LogP contribution is -2.06. The van der Waals surface area contributed by atoms with Gasteiger partial charge in [0.25, 0.3) is 0 Å². The Morgan fingerprint density at radius 3 is 2.89 bits per heavy atom. The second-order valence-corrected chi connectivity index (χ2v) is 4.66. The molecule has 0 saturated carbocycles. The van der Waals surface area contributed by atoms with E-state index in [0.29, 0.717) is 12.4 Å². The molecule has 0 saturated heterocycles. The van der Waals surface area contributed by atoms with Crippen LogP contribution in [0.4, 0.5) is 0 Å². The molecule has 3 aromatic rings. The van der Waals surface area contributed by atoms with Crippen LogP contribution in [0.3, 0.4) is 0 Å². The Labute approximate surface area is 116 Å². The first-order valence-corrected chi connectivity index (χ1v) is 6.58. The standard InChI is InChI=1S/C14H13ClN4/c1-10-3-2-4-12-14(10)19(13(7-15)18-12)8-11-5-6-16-9-17-11/h2-6,9H,7-8H2,1H3. The maximum atomic E-state index is 6.01. The molecule has 0 unspecified atom stereocenters. The molecule has 0 radical (unpaired) electrons. The monoisotopic (exact) mass is 272 g/mol. The SMILES string of the molecule is Cc1cccc2nc(CCl)n(Cc3ccncn3)c12. The van der Waals surface area contributed by atoms with Crippen molar-refractivity contribution in [2.24, 2.45) is 0 Å². The first-order valence-electron chi connectivity index (χ1n) is 6.05. The van der Waals surface area contributed by atoms with Gasteiger partial charge in [0.1, 0.15) is 12.2 Å². The van der Waals surface area contributed by atoms with E-state index in [1.807, 2.05) is 18.2 Å². The van der Waals surface area contributed by atoms with Crippen molar-refractivity contribution in [3.05, 3.63) is 53.9 Å². The van der Waals surface area contributed by atoms with Crippen LogP contribution in [0.2, 0.25) is 0 Å². The minimum atomic E-state index is 0.388. The number of alkyl halides is 1. The number of rotatable bonds is 3. The van der Waals surface area contributed by atoms with Gasteiger partial charge in [0, 0.05) is 6.20 Å². The highest BCUT2D eigenvalue weighted by Gasteiger charge is 2.12. The number of aromatic nitrogens is 4. The van der Waals surface area contributed by atoms with Crippen LogP contribution >= 0.6 is 11.6 Å². The van der Waals surface area contributed by atoms with E-state index in [-0.39, 0.29) is 0 Å². The van der Waals surface area contributed by atoms with Gasteiger partial charge < -0.3 is 4.57 Å². The molecule has 0 fully saturated rings. The van der Waals surface area contributed by atoms with Gasteiger partial charge in [-0.15, -0.1) is 11.6 Å². The lowest BCUT2D eigenvalue weighted by molar-refractivity contribution is 0.753. The Hall–Kier alpha value is -1.94. The fourth-order valence-electron chi connectivity index (χ4n) is 2.26. The number of para-hydroxylation sites is 1. The predicted molar refractivity (Wildman–Crippen MR) is 75.2 cm³/mol. The third-order valence-corrected chi connectivity index (χ3v) is 3.37. The summed E-state index contributed by atoms with van der Waals surface area (Å²) in [7, 11) is 0. The summed E-state index contributed by atoms with van der Waals surface area (Å²) < 4.78 is 2.12. The van der Waals surface area contributed by atoms with Gasteiger partial charge in [-0.25, -0.2) is 15.0 Å². The summed E-state index contributed by atoms with van der Waals surface area (Å²) in [5.74, 6) is 1.25. The van der Waals surface area contributed by atoms with Crippen molar-refractivity contribution in [1.82, 2.24) is 19.5 Å². The minimum Gasteiger partial charge on any atom is -0.321 e. The Kier molecular flexibility index (Phi) is 3.17. The third-order valence-electron chi connectivity index (χ3n) is 3.13. The molecule has 0 N–H and O–H groups in total. The number of imidazole rings is 1. The number of nitrogens with zero attached hydrogens (tertiary/aromatic N) is 4. The number of hydrogen-bond donors (Lipinski definition) is 0. The average molecular weight is 273 g/mol. The van der Waals surface area contributed by atoms with Gasteiger partial charge in [0.15, 0.2) is 0 Å². The van der Waals surface area contributed by atoms with Crippen LogP contribution in [0.1, 0.15) is 17.1 Å². The second-order valence-electron chi connectivity index (χ2n) is 4.39. The molecule has 0 aliphatic rings. The number of fused-ring (bicyclic) bond motifs is 1. The van der Waals surface area contributed by atoms with Crippen LogP contribution < -0.4 is 0 Å². The van der Waals surface area contributed by atoms with Crippen LogP contribution in [0.15, 0.2) is 36.8 Å². The summed E-state index contributed by atoms with van der Waals surface area (Å²) in [5.41, 5.74) is 4.24. The Bertz CT molecular complexity index is 706. The van der Waals surface area contributed by atoms with Crippen LogP contribution in [-0.4, -0.2) is 19.5 Å². The van der Waals surface area contributed by atoms with E-state index >= 15 is 0 Å². The highest BCUT2D eigenvalue weighted by molar-refractivity contribution is 6.16. The quantitative estimate of drug-likeness (QED) is 0.689. The van der Waals surface area contributed by atoms with E-state index in [2.05, 4.69) is 32.5 Å². The molecule has 2 aromatic heterocycles. The number of hydrogen-bond acceptors (Lipinski definition) is 3. The smallest absolute Gasteiger partial charge is 0.125 e. The zero-order chi connectivity index (χ0) is 13.2. The van der Waals surface area contributed by atoms with Crippen LogP contribution in [0.5, 0.6) is 0 Å². The normalized spacial score (nSPS) is 11.1. The Morgan fingerprint density at radius 2 is 2.16 bits per heavy atom. The first-order chi connectivity index (χ1) is 9.29. The summed E-state index contributed by atoms with van der Waals surface area (Å²) in [6.45, 7) is 2.74. The van der Waals surface area contributed by atoms with Crippen LogP contribution in [0.25, 0.3) is 11.0 Å². The number of benzene rings is 1. The van der Waals surface area contributed by atoms with Gasteiger partial charge in [-0.1, -0.05) is 12.1 Å². The molecule has 5 heteroatoms. The van der Waals surface area contributed by atoms with Crippen LogP contribution in [-0.2, 0) is 12.4 Å². The maximum absolute atomic E-state index is 6.01. The molecule has 0 bridgehead atoms. The molecule has 3 rings (SSSR count). The Morgan fingerprint density at radius 1 is 1.26 bits per heavy atom. The lowest BCUT2D eigenvalue weighted by atomic mass is 10.2. The van der Waals surface area contributed by atoms with Gasteiger partial charge >= 0.3 is 0 Å². The first kappa shape index (κ1) is 12.1. The topological polar surface area (TPSA) is 43.6 Å². The second kappa shape index (κ2) is 4.97. The van der Waals surface area contributed by atoms with E-state index in [1.165, 1.54) is 5.56 Å². The summed E-state index contributed by atoms with van der Waals surface area (Å²) in [6, 6.07) is 8.01. The highest BCUT2D eigenvalue weighted by atomic mass is 35.5. The van der Waals surface area contributed by atoms with Crippen molar-refractivity contribution in [2.75, 3.05) is 0 Å².